The first-order chi connectivity index (χ1) is 15.6. The second-order valence-electron chi connectivity index (χ2n) is 9.28. The van der Waals surface area contributed by atoms with Crippen LogP contribution in [-0.2, 0) is 16.0 Å². The molecular formula is C25H37N5O2. The van der Waals surface area contributed by atoms with E-state index in [2.05, 4.69) is 28.9 Å². The molecule has 0 spiro atoms. The Morgan fingerprint density at radius 2 is 1.94 bits per heavy atom. The molecule has 3 aliphatic rings. The van der Waals surface area contributed by atoms with E-state index in [9.17, 15) is 9.59 Å². The fourth-order valence-corrected chi connectivity index (χ4v) is 4.77. The summed E-state index contributed by atoms with van der Waals surface area (Å²) >= 11 is 0. The Balaban J connectivity index is 1.23. The lowest BCUT2D eigenvalue weighted by Gasteiger charge is -2.30. The van der Waals surface area contributed by atoms with Crippen LogP contribution in [0.5, 0.6) is 0 Å². The van der Waals surface area contributed by atoms with Crippen molar-refractivity contribution in [1.82, 2.24) is 16.0 Å². The van der Waals surface area contributed by atoms with E-state index < -0.39 is 0 Å². The van der Waals surface area contributed by atoms with Crippen LogP contribution in [-0.4, -0.2) is 49.5 Å². The smallest absolute Gasteiger partial charge is 0.227 e. The number of fused-ring (bicyclic) bond motifs is 1. The molecule has 2 aliphatic carbocycles. The van der Waals surface area contributed by atoms with Crippen LogP contribution in [0.4, 0.5) is 5.69 Å². The molecule has 2 saturated carbocycles. The molecule has 32 heavy (non-hydrogen) atoms. The molecule has 2 fully saturated rings. The van der Waals surface area contributed by atoms with Crippen LogP contribution in [0, 0.1) is 5.92 Å². The fourth-order valence-electron chi connectivity index (χ4n) is 4.77. The van der Waals surface area contributed by atoms with Crippen molar-refractivity contribution in [2.24, 2.45) is 10.9 Å². The first-order valence-corrected chi connectivity index (χ1v) is 12.4. The number of benzene rings is 1. The quantitative estimate of drug-likeness (QED) is 0.330. The number of hydrogen-bond donors (Lipinski definition) is 3. The van der Waals surface area contributed by atoms with E-state index in [1.165, 1.54) is 5.56 Å². The summed E-state index contributed by atoms with van der Waals surface area (Å²) in [6.07, 6.45) is 8.39. The maximum Gasteiger partial charge on any atom is 0.227 e. The second kappa shape index (κ2) is 10.8. The van der Waals surface area contributed by atoms with Crippen LogP contribution < -0.4 is 20.9 Å². The number of carbonyl (C=O) groups is 2. The zero-order valence-corrected chi connectivity index (χ0v) is 19.2. The molecule has 4 rings (SSSR count). The monoisotopic (exact) mass is 439 g/mol. The molecule has 0 bridgehead atoms. The van der Waals surface area contributed by atoms with Crippen molar-refractivity contribution in [1.29, 1.82) is 0 Å². The zero-order chi connectivity index (χ0) is 22.3. The van der Waals surface area contributed by atoms with E-state index >= 15 is 0 Å². The number of guanidine groups is 1. The van der Waals surface area contributed by atoms with Gasteiger partial charge < -0.3 is 20.9 Å². The summed E-state index contributed by atoms with van der Waals surface area (Å²) < 4.78 is 0. The zero-order valence-electron chi connectivity index (χ0n) is 19.2. The van der Waals surface area contributed by atoms with Crippen molar-refractivity contribution in [3.05, 3.63) is 29.8 Å². The third-order valence-electron chi connectivity index (χ3n) is 6.66. The molecule has 2 amide bonds. The van der Waals surface area contributed by atoms with Crippen LogP contribution >= 0.6 is 0 Å². The van der Waals surface area contributed by atoms with E-state index in [0.29, 0.717) is 19.0 Å². The Bertz CT molecular complexity index is 835. The number of nitrogens with one attached hydrogen (secondary N) is 3. The number of rotatable bonds is 8. The minimum atomic E-state index is 0.102. The lowest BCUT2D eigenvalue weighted by atomic mass is 9.85. The number of carbonyl (C=O) groups excluding carboxylic acids is 2. The van der Waals surface area contributed by atoms with Gasteiger partial charge in [0.2, 0.25) is 11.8 Å². The summed E-state index contributed by atoms with van der Waals surface area (Å²) in [5.41, 5.74) is 2.32. The SMILES string of the molecule is CCNC(=NCCCC(=O)N1CCc2ccccc21)NC1CCCC(C(=O)NC2CC2)C1. The summed E-state index contributed by atoms with van der Waals surface area (Å²) in [6.45, 7) is 4.23. The van der Waals surface area contributed by atoms with Crippen molar-refractivity contribution in [2.45, 2.75) is 76.8 Å². The molecule has 1 heterocycles. The molecule has 3 N–H and O–H groups in total. The minimum absolute atomic E-state index is 0.102. The Labute approximate surface area is 191 Å². The van der Waals surface area contributed by atoms with Gasteiger partial charge in [0.25, 0.3) is 0 Å². The average molecular weight is 440 g/mol. The Hall–Kier alpha value is -2.57. The van der Waals surface area contributed by atoms with Gasteiger partial charge in [0.05, 0.1) is 0 Å². The number of amides is 2. The number of aliphatic imine (C=N–C) groups is 1. The first kappa shape index (κ1) is 22.6. The van der Waals surface area contributed by atoms with Crippen LogP contribution in [0.15, 0.2) is 29.3 Å². The van der Waals surface area contributed by atoms with E-state index in [4.69, 9.17) is 4.99 Å². The average Bonchev–Trinajstić information content (AvgIpc) is 3.51. The Kier molecular flexibility index (Phi) is 7.66. The van der Waals surface area contributed by atoms with Crippen molar-refractivity contribution < 1.29 is 9.59 Å². The van der Waals surface area contributed by atoms with E-state index in [0.717, 1.165) is 76.1 Å². The number of hydrogen-bond acceptors (Lipinski definition) is 3. The highest BCUT2D eigenvalue weighted by Gasteiger charge is 2.31. The predicted octanol–water partition coefficient (Wildman–Crippen LogP) is 2.75. The van der Waals surface area contributed by atoms with Gasteiger partial charge in [-0.1, -0.05) is 24.6 Å². The highest BCUT2D eigenvalue weighted by molar-refractivity contribution is 5.95. The number of anilines is 1. The number of para-hydroxylation sites is 1. The second-order valence-corrected chi connectivity index (χ2v) is 9.28. The topological polar surface area (TPSA) is 85.8 Å². The van der Waals surface area contributed by atoms with Crippen LogP contribution in [0.3, 0.4) is 0 Å². The molecular weight excluding hydrogens is 402 g/mol. The highest BCUT2D eigenvalue weighted by atomic mass is 16.2. The van der Waals surface area contributed by atoms with Crippen molar-refractivity contribution in [2.75, 3.05) is 24.5 Å². The van der Waals surface area contributed by atoms with Gasteiger partial charge >= 0.3 is 0 Å². The molecule has 0 saturated heterocycles. The minimum Gasteiger partial charge on any atom is -0.357 e. The third kappa shape index (κ3) is 6.02. The maximum absolute atomic E-state index is 12.7. The Morgan fingerprint density at radius 3 is 2.75 bits per heavy atom. The van der Waals surface area contributed by atoms with Gasteiger partial charge in [-0.3, -0.25) is 14.6 Å². The lowest BCUT2D eigenvalue weighted by molar-refractivity contribution is -0.126. The molecule has 0 aromatic heterocycles. The molecule has 2 atom stereocenters. The third-order valence-corrected chi connectivity index (χ3v) is 6.66. The molecule has 1 aromatic carbocycles. The lowest BCUT2D eigenvalue weighted by Crippen LogP contribution is -2.47. The van der Waals surface area contributed by atoms with Gasteiger partial charge in [0, 0.05) is 49.7 Å². The maximum atomic E-state index is 12.7. The molecule has 1 aliphatic heterocycles. The van der Waals surface area contributed by atoms with E-state index in [1.807, 2.05) is 23.1 Å². The number of nitrogens with zero attached hydrogens (tertiary/aromatic N) is 2. The highest BCUT2D eigenvalue weighted by Crippen LogP contribution is 2.28. The standard InChI is InChI=1S/C25H37N5O2/c1-2-26-25(29-21-9-5-8-19(17-21)24(32)28-20-12-13-20)27-15-6-11-23(31)30-16-14-18-7-3-4-10-22(18)30/h3-4,7,10,19-21H,2,5-6,8-9,11-17H2,1H3,(H,28,32)(H2,26,27,29). The van der Waals surface area contributed by atoms with Crippen LogP contribution in [0.1, 0.15) is 63.9 Å². The largest absolute Gasteiger partial charge is 0.357 e. The molecule has 7 nitrogen and oxygen atoms in total. The summed E-state index contributed by atoms with van der Waals surface area (Å²) in [4.78, 5) is 31.7. The Morgan fingerprint density at radius 1 is 1.09 bits per heavy atom. The van der Waals surface area contributed by atoms with Gasteiger partial charge in [-0.15, -0.1) is 0 Å². The predicted molar refractivity (Wildman–Crippen MR) is 128 cm³/mol. The normalized spacial score (nSPS) is 22.9. The van der Waals surface area contributed by atoms with Gasteiger partial charge in [-0.05, 0) is 63.5 Å². The van der Waals surface area contributed by atoms with Crippen LogP contribution in [0.2, 0.25) is 0 Å². The molecule has 0 radical (unpaired) electrons. The first-order valence-electron chi connectivity index (χ1n) is 12.4. The van der Waals surface area contributed by atoms with Gasteiger partial charge in [0.1, 0.15) is 0 Å². The summed E-state index contributed by atoms with van der Waals surface area (Å²) in [5.74, 6) is 1.30. The fraction of sp³-hybridized carbons (Fsp3) is 0.640. The molecule has 1 aromatic rings. The van der Waals surface area contributed by atoms with Gasteiger partial charge in [-0.25, -0.2) is 0 Å². The van der Waals surface area contributed by atoms with Crippen molar-refractivity contribution in [3.63, 3.8) is 0 Å². The van der Waals surface area contributed by atoms with Crippen molar-refractivity contribution >= 4 is 23.5 Å². The van der Waals surface area contributed by atoms with Gasteiger partial charge in [-0.2, -0.15) is 0 Å². The van der Waals surface area contributed by atoms with Gasteiger partial charge in [0.15, 0.2) is 5.96 Å². The molecule has 7 heteroatoms. The summed E-state index contributed by atoms with van der Waals surface area (Å²) in [7, 11) is 0. The molecule has 174 valence electrons. The summed E-state index contributed by atoms with van der Waals surface area (Å²) in [6, 6.07) is 8.85. The van der Waals surface area contributed by atoms with Crippen molar-refractivity contribution in [3.8, 4) is 0 Å². The van der Waals surface area contributed by atoms with E-state index in [-0.39, 0.29) is 23.8 Å². The molecule has 2 unspecified atom stereocenters. The summed E-state index contributed by atoms with van der Waals surface area (Å²) in [5, 5.41) is 10.0. The van der Waals surface area contributed by atoms with E-state index in [1.54, 1.807) is 0 Å². The van der Waals surface area contributed by atoms with Crippen LogP contribution in [0.25, 0.3) is 0 Å².